The highest BCUT2D eigenvalue weighted by atomic mass is 16.2. The van der Waals surface area contributed by atoms with Crippen molar-refractivity contribution in [3.8, 4) is 0 Å². The van der Waals surface area contributed by atoms with Gasteiger partial charge in [-0.2, -0.15) is 5.10 Å². The van der Waals surface area contributed by atoms with E-state index in [0.717, 1.165) is 55.2 Å². The molecule has 1 aliphatic heterocycles. The smallest absolute Gasteiger partial charge is 0.246 e. The zero-order valence-corrected chi connectivity index (χ0v) is 17.1. The Morgan fingerprint density at radius 2 is 2.13 bits per heavy atom. The Kier molecular flexibility index (Phi) is 6.17. The molecule has 0 radical (unpaired) electrons. The van der Waals surface area contributed by atoms with Gasteiger partial charge < -0.3 is 10.2 Å². The van der Waals surface area contributed by atoms with Gasteiger partial charge in [0.1, 0.15) is 11.6 Å². The van der Waals surface area contributed by atoms with E-state index in [2.05, 4.69) is 15.4 Å². The predicted molar refractivity (Wildman–Crippen MR) is 117 cm³/mol. The highest BCUT2D eigenvalue weighted by Gasteiger charge is 2.23. The van der Waals surface area contributed by atoms with Gasteiger partial charge in [-0.25, -0.2) is 9.97 Å². The first-order chi connectivity index (χ1) is 14.7. The van der Waals surface area contributed by atoms with Crippen LogP contribution in [0, 0.1) is 5.92 Å². The predicted octanol–water partition coefficient (Wildman–Crippen LogP) is 3.45. The van der Waals surface area contributed by atoms with Crippen LogP contribution in [0.4, 0.5) is 11.6 Å². The molecule has 154 valence electrons. The lowest BCUT2D eigenvalue weighted by Gasteiger charge is -2.32. The number of anilines is 2. The molecule has 0 bridgehead atoms. The van der Waals surface area contributed by atoms with Gasteiger partial charge in [0, 0.05) is 49.9 Å². The van der Waals surface area contributed by atoms with E-state index in [1.54, 1.807) is 23.2 Å². The van der Waals surface area contributed by atoms with Crippen LogP contribution in [0.3, 0.4) is 0 Å². The van der Waals surface area contributed by atoms with Crippen LogP contribution in [0.25, 0.3) is 6.08 Å². The number of aryl methyl sites for hydroxylation is 1. The molecule has 1 N–H and O–H groups in total. The van der Waals surface area contributed by atoms with Crippen molar-refractivity contribution >= 4 is 23.6 Å². The van der Waals surface area contributed by atoms with Gasteiger partial charge in [0.2, 0.25) is 5.91 Å². The van der Waals surface area contributed by atoms with Crippen LogP contribution in [0.2, 0.25) is 0 Å². The average Bonchev–Trinajstić information content (AvgIpc) is 3.18. The molecular formula is C23H26N6O. The normalized spacial score (nSPS) is 16.7. The lowest BCUT2D eigenvalue weighted by atomic mass is 9.93. The average molecular weight is 403 g/mol. The third-order valence-electron chi connectivity index (χ3n) is 5.20. The van der Waals surface area contributed by atoms with Crippen molar-refractivity contribution in [2.24, 2.45) is 13.0 Å². The van der Waals surface area contributed by atoms with Crippen molar-refractivity contribution in [3.63, 3.8) is 0 Å². The van der Waals surface area contributed by atoms with Crippen molar-refractivity contribution in [1.82, 2.24) is 24.6 Å². The van der Waals surface area contributed by atoms with Crippen LogP contribution in [-0.4, -0.2) is 43.6 Å². The van der Waals surface area contributed by atoms with E-state index in [-0.39, 0.29) is 5.91 Å². The number of hydrogen-bond donors (Lipinski definition) is 1. The molecule has 3 aromatic heterocycles. The Morgan fingerprint density at radius 1 is 1.23 bits per heavy atom. The Balaban J connectivity index is 1.35. The number of nitrogens with zero attached hydrogens (tertiary/aromatic N) is 5. The Hall–Kier alpha value is -3.48. The standard InChI is InChI=1S/C23H26N6O/c1-28-16-19(15-25-28)10-11-23(30)29-13-5-6-18(17-29)14-20-7-4-9-22(26-20)27-21-8-2-3-12-24-21/h2-4,7-12,15-16,18H,5-6,13-14,17H2,1H3,(H,24,26,27)/b11-10+/t18-/m1/s1. The molecule has 1 aliphatic rings. The first kappa shape index (κ1) is 19.8. The van der Waals surface area contributed by atoms with E-state index in [4.69, 9.17) is 4.98 Å². The van der Waals surface area contributed by atoms with E-state index in [0.29, 0.717) is 5.92 Å². The minimum Gasteiger partial charge on any atom is -0.339 e. The first-order valence-corrected chi connectivity index (χ1v) is 10.3. The number of carbonyl (C=O) groups is 1. The lowest BCUT2D eigenvalue weighted by molar-refractivity contribution is -0.127. The first-order valence-electron chi connectivity index (χ1n) is 10.3. The molecule has 7 nitrogen and oxygen atoms in total. The van der Waals surface area contributed by atoms with Crippen LogP contribution in [0.15, 0.2) is 61.1 Å². The second-order valence-electron chi connectivity index (χ2n) is 7.63. The van der Waals surface area contributed by atoms with Crippen LogP contribution in [0.1, 0.15) is 24.1 Å². The van der Waals surface area contributed by atoms with Gasteiger partial charge in [-0.3, -0.25) is 9.48 Å². The number of rotatable bonds is 6. The summed E-state index contributed by atoms with van der Waals surface area (Å²) in [4.78, 5) is 23.6. The van der Waals surface area contributed by atoms with E-state index < -0.39 is 0 Å². The van der Waals surface area contributed by atoms with Crippen LogP contribution >= 0.6 is 0 Å². The number of hydrogen-bond acceptors (Lipinski definition) is 5. The van der Waals surface area contributed by atoms with E-state index >= 15 is 0 Å². The van der Waals surface area contributed by atoms with E-state index in [1.807, 2.05) is 60.6 Å². The number of piperidine rings is 1. The second kappa shape index (κ2) is 9.35. The minimum atomic E-state index is 0.0575. The number of pyridine rings is 2. The van der Waals surface area contributed by atoms with Gasteiger partial charge in [0.25, 0.3) is 0 Å². The number of amides is 1. The second-order valence-corrected chi connectivity index (χ2v) is 7.63. The maximum Gasteiger partial charge on any atom is 0.246 e. The quantitative estimate of drug-likeness (QED) is 0.639. The fraction of sp³-hybridized carbons (Fsp3) is 0.304. The summed E-state index contributed by atoms with van der Waals surface area (Å²) in [5.74, 6) is 2.03. The summed E-state index contributed by atoms with van der Waals surface area (Å²) in [5, 5.41) is 7.36. The summed E-state index contributed by atoms with van der Waals surface area (Å²) < 4.78 is 1.73. The molecule has 1 atom stereocenters. The molecule has 1 saturated heterocycles. The van der Waals surface area contributed by atoms with Gasteiger partial charge in [-0.1, -0.05) is 12.1 Å². The topological polar surface area (TPSA) is 75.9 Å². The Morgan fingerprint density at radius 3 is 2.93 bits per heavy atom. The zero-order chi connectivity index (χ0) is 20.8. The molecule has 7 heteroatoms. The third kappa shape index (κ3) is 5.31. The maximum atomic E-state index is 12.6. The van der Waals surface area contributed by atoms with Gasteiger partial charge in [-0.05, 0) is 55.5 Å². The largest absolute Gasteiger partial charge is 0.339 e. The van der Waals surface area contributed by atoms with Crippen molar-refractivity contribution in [3.05, 3.63) is 72.3 Å². The number of aromatic nitrogens is 4. The van der Waals surface area contributed by atoms with E-state index in [1.165, 1.54) is 0 Å². The van der Waals surface area contributed by atoms with Crippen LogP contribution < -0.4 is 5.32 Å². The molecule has 0 aromatic carbocycles. The summed E-state index contributed by atoms with van der Waals surface area (Å²) >= 11 is 0. The summed E-state index contributed by atoms with van der Waals surface area (Å²) in [6.07, 6.45) is 11.8. The zero-order valence-electron chi connectivity index (χ0n) is 17.1. The summed E-state index contributed by atoms with van der Waals surface area (Å²) in [7, 11) is 1.86. The van der Waals surface area contributed by atoms with Gasteiger partial charge in [0.15, 0.2) is 0 Å². The maximum absolute atomic E-state index is 12.6. The van der Waals surface area contributed by atoms with Gasteiger partial charge in [-0.15, -0.1) is 0 Å². The van der Waals surface area contributed by atoms with Gasteiger partial charge in [0.05, 0.1) is 6.20 Å². The Labute approximate surface area is 176 Å². The SMILES string of the molecule is Cn1cc(/C=C/C(=O)N2CCC[C@H](Cc3cccc(Nc4ccccn4)n3)C2)cn1. The summed E-state index contributed by atoms with van der Waals surface area (Å²) in [6, 6.07) is 11.7. The van der Waals surface area contributed by atoms with Crippen molar-refractivity contribution in [2.45, 2.75) is 19.3 Å². The summed E-state index contributed by atoms with van der Waals surface area (Å²) in [6.45, 7) is 1.57. The molecular weight excluding hydrogens is 376 g/mol. The minimum absolute atomic E-state index is 0.0575. The lowest BCUT2D eigenvalue weighted by Crippen LogP contribution is -2.39. The highest BCUT2D eigenvalue weighted by Crippen LogP contribution is 2.22. The molecule has 30 heavy (non-hydrogen) atoms. The van der Waals surface area contributed by atoms with Crippen LogP contribution in [-0.2, 0) is 18.3 Å². The van der Waals surface area contributed by atoms with Crippen molar-refractivity contribution in [1.29, 1.82) is 0 Å². The van der Waals surface area contributed by atoms with Gasteiger partial charge >= 0.3 is 0 Å². The number of carbonyl (C=O) groups excluding carboxylic acids is 1. The molecule has 0 unspecified atom stereocenters. The monoisotopic (exact) mass is 402 g/mol. The molecule has 0 aliphatic carbocycles. The highest BCUT2D eigenvalue weighted by molar-refractivity contribution is 5.91. The Bertz CT molecular complexity index is 1010. The molecule has 0 spiro atoms. The molecule has 4 heterocycles. The molecule has 0 saturated carbocycles. The number of nitrogens with one attached hydrogen (secondary N) is 1. The molecule has 3 aromatic rings. The van der Waals surface area contributed by atoms with Crippen molar-refractivity contribution < 1.29 is 4.79 Å². The fourth-order valence-electron chi connectivity index (χ4n) is 3.76. The molecule has 1 fully saturated rings. The fourth-order valence-corrected chi connectivity index (χ4v) is 3.76. The third-order valence-corrected chi connectivity index (χ3v) is 5.20. The summed E-state index contributed by atoms with van der Waals surface area (Å²) in [5.41, 5.74) is 1.96. The molecule has 1 amide bonds. The van der Waals surface area contributed by atoms with E-state index in [9.17, 15) is 4.79 Å². The number of likely N-dealkylation sites (tertiary alicyclic amines) is 1. The molecule has 4 rings (SSSR count). The van der Waals surface area contributed by atoms with Crippen LogP contribution in [0.5, 0.6) is 0 Å². The van der Waals surface area contributed by atoms with Crippen molar-refractivity contribution in [2.75, 3.05) is 18.4 Å².